The number of ether oxygens (including phenoxy) is 4. The highest BCUT2D eigenvalue weighted by Gasteiger charge is 2.30. The molecule has 0 aliphatic rings. The first-order chi connectivity index (χ1) is 49.9. The standard InChI is InChI=1S/C84H164O17P2/c1-7-9-11-13-15-17-19-21-23-25-27-28-29-30-32-34-36-40-44-48-56-62-68-83(88)100-79(72-94-81(86)66-60-54-47-43-39-35-33-31-26-24-22-20-18-16-14-12-10-8-2)74-98-102(90,91)96-70-78(85)71-97-103(92,93)99-75-80(73-95-82(87)67-61-55-51-50-53-59-65-77(5)6)101-84(89)69-63-57-49-45-41-37-38-42-46-52-58-64-76(3)4/h76-80,85H,7-75H2,1-6H3,(H,90,91)(H,92,93)/t78-,79-,80-/m1/s1. The molecule has 2 unspecified atom stereocenters. The predicted octanol–water partition coefficient (Wildman–Crippen LogP) is 25.5. The zero-order valence-electron chi connectivity index (χ0n) is 67.6. The van der Waals surface area contributed by atoms with Gasteiger partial charge in [0.2, 0.25) is 0 Å². The molecular formula is C84H164O17P2. The maximum Gasteiger partial charge on any atom is 0.472 e. The van der Waals surface area contributed by atoms with E-state index in [2.05, 4.69) is 41.5 Å². The summed E-state index contributed by atoms with van der Waals surface area (Å²) in [5, 5.41) is 10.7. The van der Waals surface area contributed by atoms with Crippen LogP contribution < -0.4 is 0 Å². The molecule has 0 radical (unpaired) electrons. The van der Waals surface area contributed by atoms with E-state index >= 15 is 0 Å². The second-order valence-corrected chi connectivity index (χ2v) is 34.1. The van der Waals surface area contributed by atoms with Crippen LogP contribution in [0.3, 0.4) is 0 Å². The van der Waals surface area contributed by atoms with Gasteiger partial charge in [-0.25, -0.2) is 9.13 Å². The van der Waals surface area contributed by atoms with Crippen molar-refractivity contribution in [2.75, 3.05) is 39.6 Å². The van der Waals surface area contributed by atoms with Gasteiger partial charge < -0.3 is 33.8 Å². The number of carbonyl (C=O) groups excluding carboxylic acids is 4. The monoisotopic (exact) mass is 1510 g/mol. The normalized spacial score (nSPS) is 13.9. The van der Waals surface area contributed by atoms with E-state index in [1.165, 1.54) is 257 Å². The van der Waals surface area contributed by atoms with Gasteiger partial charge in [0.1, 0.15) is 19.3 Å². The van der Waals surface area contributed by atoms with E-state index < -0.39 is 97.5 Å². The summed E-state index contributed by atoms with van der Waals surface area (Å²) in [6, 6.07) is 0. The summed E-state index contributed by atoms with van der Waals surface area (Å²) in [4.78, 5) is 73.1. The minimum absolute atomic E-state index is 0.106. The Hall–Kier alpha value is -1.94. The number of phosphoric ester groups is 2. The lowest BCUT2D eigenvalue weighted by Gasteiger charge is -2.21. The molecule has 0 aromatic rings. The Kier molecular flexibility index (Phi) is 74.1. The molecule has 0 aliphatic carbocycles. The molecule has 0 heterocycles. The second kappa shape index (κ2) is 75.5. The van der Waals surface area contributed by atoms with Crippen LogP contribution in [-0.4, -0.2) is 96.7 Å². The third kappa shape index (κ3) is 78.0. The molecular weight excluding hydrogens is 1340 g/mol. The Morgan fingerprint density at radius 3 is 0.660 bits per heavy atom. The SMILES string of the molecule is CCCCCCCCCCCCCCCCCCCCCCCCC(=O)O[C@H](COC(=O)CCCCCCCCCCCCCCCCCCCC)COP(=O)(O)OC[C@@H](O)COP(=O)(O)OC[C@@H](COC(=O)CCCCCCCCC(C)C)OC(=O)CCCCCCCCCCCCCC(C)C. The van der Waals surface area contributed by atoms with Crippen molar-refractivity contribution < 1.29 is 80.2 Å². The number of aliphatic hydroxyl groups excluding tert-OH is 1. The Balaban J connectivity index is 5.20. The molecule has 0 fully saturated rings. The number of rotatable bonds is 83. The molecule has 0 aromatic heterocycles. The van der Waals surface area contributed by atoms with E-state index in [1.807, 2.05) is 0 Å². The number of hydrogen-bond acceptors (Lipinski definition) is 15. The molecule has 0 aromatic carbocycles. The fourth-order valence-electron chi connectivity index (χ4n) is 13.1. The first kappa shape index (κ1) is 101. The van der Waals surface area contributed by atoms with Crippen LogP contribution in [0.25, 0.3) is 0 Å². The first-order valence-electron chi connectivity index (χ1n) is 43.5. The Labute approximate surface area is 632 Å². The van der Waals surface area contributed by atoms with Crippen molar-refractivity contribution in [3.8, 4) is 0 Å². The van der Waals surface area contributed by atoms with Crippen molar-refractivity contribution in [3.05, 3.63) is 0 Å². The average molecular weight is 1510 g/mol. The lowest BCUT2D eigenvalue weighted by atomic mass is 10.0. The molecule has 0 saturated heterocycles. The Morgan fingerprint density at radius 1 is 0.262 bits per heavy atom. The molecule has 0 bridgehead atoms. The van der Waals surface area contributed by atoms with Crippen molar-refractivity contribution in [2.45, 2.75) is 464 Å². The van der Waals surface area contributed by atoms with Crippen LogP contribution in [0.2, 0.25) is 0 Å². The largest absolute Gasteiger partial charge is 0.472 e. The van der Waals surface area contributed by atoms with Crippen LogP contribution in [0.5, 0.6) is 0 Å². The van der Waals surface area contributed by atoms with Gasteiger partial charge in [0.05, 0.1) is 26.4 Å². The van der Waals surface area contributed by atoms with Crippen molar-refractivity contribution in [2.24, 2.45) is 11.8 Å². The number of unbranched alkanes of at least 4 members (excludes halogenated alkanes) is 53. The third-order valence-corrected chi connectivity index (χ3v) is 21.6. The van der Waals surface area contributed by atoms with Gasteiger partial charge in [-0.2, -0.15) is 0 Å². The maximum absolute atomic E-state index is 13.1. The summed E-state index contributed by atoms with van der Waals surface area (Å²) >= 11 is 0. The topological polar surface area (TPSA) is 237 Å². The zero-order chi connectivity index (χ0) is 75.6. The summed E-state index contributed by atoms with van der Waals surface area (Å²) in [5.74, 6) is -0.664. The van der Waals surface area contributed by atoms with Crippen LogP contribution in [0.4, 0.5) is 0 Å². The number of carbonyl (C=O) groups is 4. The molecule has 19 heteroatoms. The maximum atomic E-state index is 13.1. The number of phosphoric acid groups is 2. The lowest BCUT2D eigenvalue weighted by Crippen LogP contribution is -2.30. The van der Waals surface area contributed by atoms with Crippen LogP contribution in [-0.2, 0) is 65.4 Å². The van der Waals surface area contributed by atoms with E-state index in [0.29, 0.717) is 31.6 Å². The van der Waals surface area contributed by atoms with E-state index in [9.17, 15) is 43.2 Å². The molecule has 17 nitrogen and oxygen atoms in total. The predicted molar refractivity (Wildman–Crippen MR) is 423 cm³/mol. The van der Waals surface area contributed by atoms with Gasteiger partial charge in [0.25, 0.3) is 0 Å². The fourth-order valence-corrected chi connectivity index (χ4v) is 14.6. The highest BCUT2D eigenvalue weighted by atomic mass is 31.2. The lowest BCUT2D eigenvalue weighted by molar-refractivity contribution is -0.161. The van der Waals surface area contributed by atoms with Gasteiger partial charge in [0.15, 0.2) is 12.2 Å². The smallest absolute Gasteiger partial charge is 0.462 e. The van der Waals surface area contributed by atoms with Gasteiger partial charge >= 0.3 is 39.5 Å². The molecule has 0 aliphatic heterocycles. The highest BCUT2D eigenvalue weighted by Crippen LogP contribution is 2.45. The third-order valence-electron chi connectivity index (χ3n) is 19.7. The molecule has 103 heavy (non-hydrogen) atoms. The van der Waals surface area contributed by atoms with Gasteiger partial charge in [0, 0.05) is 25.7 Å². The fraction of sp³-hybridized carbons (Fsp3) is 0.952. The number of esters is 4. The molecule has 0 rings (SSSR count). The van der Waals surface area contributed by atoms with Gasteiger partial charge in [-0.15, -0.1) is 0 Å². The number of aliphatic hydroxyl groups is 1. The Bertz CT molecular complexity index is 1980. The van der Waals surface area contributed by atoms with Gasteiger partial charge in [-0.1, -0.05) is 395 Å². The van der Waals surface area contributed by atoms with Crippen molar-refractivity contribution in [3.63, 3.8) is 0 Å². The minimum atomic E-state index is -4.96. The summed E-state index contributed by atoms with van der Waals surface area (Å²) in [6.45, 7) is 9.56. The van der Waals surface area contributed by atoms with Gasteiger partial charge in [-0.3, -0.25) is 37.3 Å². The molecule has 0 saturated carbocycles. The summed E-state index contributed by atoms with van der Waals surface area (Å²) in [7, 11) is -9.92. The minimum Gasteiger partial charge on any atom is -0.462 e. The van der Waals surface area contributed by atoms with Crippen molar-refractivity contribution in [1.29, 1.82) is 0 Å². The van der Waals surface area contributed by atoms with Crippen molar-refractivity contribution in [1.82, 2.24) is 0 Å². The van der Waals surface area contributed by atoms with Crippen LogP contribution in [0.1, 0.15) is 446 Å². The Morgan fingerprint density at radius 2 is 0.447 bits per heavy atom. The average Bonchev–Trinajstić information content (AvgIpc) is 1.15. The molecule has 3 N–H and O–H groups in total. The summed E-state index contributed by atoms with van der Waals surface area (Å²) in [6.07, 6.45) is 67.0. The molecule has 612 valence electrons. The molecule has 0 amide bonds. The van der Waals surface area contributed by atoms with Crippen LogP contribution in [0, 0.1) is 11.8 Å². The first-order valence-corrected chi connectivity index (χ1v) is 46.5. The van der Waals surface area contributed by atoms with Crippen LogP contribution in [0.15, 0.2) is 0 Å². The van der Waals surface area contributed by atoms with E-state index in [1.54, 1.807) is 0 Å². The van der Waals surface area contributed by atoms with E-state index in [4.69, 9.17) is 37.0 Å². The van der Waals surface area contributed by atoms with Crippen LogP contribution >= 0.6 is 15.6 Å². The quantitative estimate of drug-likeness (QED) is 0.0222. The summed E-state index contributed by atoms with van der Waals surface area (Å²) < 4.78 is 68.8. The van der Waals surface area contributed by atoms with Gasteiger partial charge in [-0.05, 0) is 37.5 Å². The van der Waals surface area contributed by atoms with Crippen molar-refractivity contribution >= 4 is 39.5 Å². The number of hydrogen-bond donors (Lipinski definition) is 3. The second-order valence-electron chi connectivity index (χ2n) is 31.2. The molecule has 5 atom stereocenters. The zero-order valence-corrected chi connectivity index (χ0v) is 69.4. The molecule has 0 spiro atoms. The summed E-state index contributed by atoms with van der Waals surface area (Å²) in [5.41, 5.74) is 0. The highest BCUT2D eigenvalue weighted by molar-refractivity contribution is 7.47. The van der Waals surface area contributed by atoms with E-state index in [0.717, 1.165) is 102 Å². The van der Waals surface area contributed by atoms with E-state index in [-0.39, 0.29) is 25.7 Å².